The molecule has 17 heavy (non-hydrogen) atoms. The Morgan fingerprint density at radius 2 is 1.76 bits per heavy atom. The molecule has 1 aromatic carbocycles. The number of hydrogen-bond donors (Lipinski definition) is 1. The molecule has 1 atom stereocenters. The second-order valence-corrected chi connectivity index (χ2v) is 5.79. The van der Waals surface area contributed by atoms with Crippen LogP contribution in [0.5, 0.6) is 5.75 Å². The molecule has 1 unspecified atom stereocenters. The molecule has 0 aliphatic heterocycles. The second-order valence-electron chi connectivity index (χ2n) is 5.41. The zero-order valence-corrected chi connectivity index (χ0v) is 12.1. The predicted octanol–water partition coefficient (Wildman–Crippen LogP) is 3.85. The lowest BCUT2D eigenvalue weighted by molar-refractivity contribution is 0.0932. The molecular formula is C14H22ClNO. The highest BCUT2D eigenvalue weighted by atomic mass is 35.5. The molecule has 3 heteroatoms. The van der Waals surface area contributed by atoms with Gasteiger partial charge in [0, 0.05) is 17.5 Å². The molecule has 0 bridgehead atoms. The molecule has 0 heterocycles. The summed E-state index contributed by atoms with van der Waals surface area (Å²) in [6.45, 7) is 10.1. The summed E-state index contributed by atoms with van der Waals surface area (Å²) < 4.78 is 5.99. The van der Waals surface area contributed by atoms with Crippen LogP contribution in [0.2, 0.25) is 5.02 Å². The fraction of sp³-hybridized carbons (Fsp3) is 0.571. The molecule has 1 rings (SSSR count). The summed E-state index contributed by atoms with van der Waals surface area (Å²) in [5.74, 6) is 0.857. The first-order valence-corrected chi connectivity index (χ1v) is 6.30. The Bertz CT molecular complexity index is 376. The van der Waals surface area contributed by atoms with Gasteiger partial charge in [0.25, 0.3) is 0 Å². The molecule has 0 amide bonds. The van der Waals surface area contributed by atoms with E-state index in [0.29, 0.717) is 0 Å². The molecule has 0 fully saturated rings. The van der Waals surface area contributed by atoms with Crippen molar-refractivity contribution in [3.8, 4) is 5.75 Å². The van der Waals surface area contributed by atoms with Crippen LogP contribution in [0.4, 0.5) is 0 Å². The number of hydrogen-bond acceptors (Lipinski definition) is 2. The Balaban J connectivity index is 2.88. The maximum atomic E-state index is 6.13. The van der Waals surface area contributed by atoms with Crippen molar-refractivity contribution in [2.24, 2.45) is 5.73 Å². The molecule has 0 saturated carbocycles. The van der Waals surface area contributed by atoms with Gasteiger partial charge in [-0.1, -0.05) is 11.6 Å². The average molecular weight is 256 g/mol. The first-order valence-electron chi connectivity index (χ1n) is 5.92. The topological polar surface area (TPSA) is 35.2 Å². The highest BCUT2D eigenvalue weighted by Gasteiger charge is 2.22. The van der Waals surface area contributed by atoms with Gasteiger partial charge in [-0.3, -0.25) is 0 Å². The third-order valence-corrected chi connectivity index (χ3v) is 3.21. The van der Waals surface area contributed by atoms with Gasteiger partial charge in [-0.2, -0.15) is 0 Å². The summed E-state index contributed by atoms with van der Waals surface area (Å²) in [4.78, 5) is 0. The van der Waals surface area contributed by atoms with Gasteiger partial charge in [0.2, 0.25) is 0 Å². The number of rotatable bonds is 4. The van der Waals surface area contributed by atoms with Gasteiger partial charge in [-0.25, -0.2) is 0 Å². The number of aryl methyl sites for hydroxylation is 2. The Morgan fingerprint density at radius 1 is 1.29 bits per heavy atom. The van der Waals surface area contributed by atoms with Gasteiger partial charge in [-0.05, 0) is 57.9 Å². The molecule has 96 valence electrons. The summed E-state index contributed by atoms with van der Waals surface area (Å²) in [6.07, 6.45) is 0.813. The van der Waals surface area contributed by atoms with E-state index in [1.165, 1.54) is 0 Å². The molecule has 0 saturated heterocycles. The largest absolute Gasteiger partial charge is 0.488 e. The minimum Gasteiger partial charge on any atom is -0.488 e. The minimum absolute atomic E-state index is 0.125. The Hall–Kier alpha value is -0.730. The van der Waals surface area contributed by atoms with E-state index in [-0.39, 0.29) is 11.6 Å². The quantitative estimate of drug-likeness (QED) is 0.887. The van der Waals surface area contributed by atoms with Gasteiger partial charge < -0.3 is 10.5 Å². The van der Waals surface area contributed by atoms with Crippen LogP contribution in [0.25, 0.3) is 0 Å². The number of halogens is 1. The summed E-state index contributed by atoms with van der Waals surface area (Å²) in [6, 6.07) is 4.07. The molecule has 0 spiro atoms. The molecule has 0 radical (unpaired) electrons. The van der Waals surface area contributed by atoms with E-state index >= 15 is 0 Å². The SMILES string of the molecule is Cc1cc(OC(C)(C)CC(C)N)cc(C)c1Cl. The summed E-state index contributed by atoms with van der Waals surface area (Å²) >= 11 is 6.13. The molecule has 2 N–H and O–H groups in total. The van der Waals surface area contributed by atoms with E-state index in [0.717, 1.165) is 28.3 Å². The summed E-state index contributed by atoms with van der Waals surface area (Å²) in [7, 11) is 0. The van der Waals surface area contributed by atoms with Crippen LogP contribution in [0.3, 0.4) is 0 Å². The second kappa shape index (κ2) is 5.28. The fourth-order valence-corrected chi connectivity index (χ4v) is 2.21. The van der Waals surface area contributed by atoms with Gasteiger partial charge >= 0.3 is 0 Å². The predicted molar refractivity (Wildman–Crippen MR) is 73.9 cm³/mol. The van der Waals surface area contributed by atoms with Crippen LogP contribution in [-0.2, 0) is 0 Å². The molecule has 1 aromatic rings. The Morgan fingerprint density at radius 3 is 2.18 bits per heavy atom. The van der Waals surface area contributed by atoms with Crippen molar-refractivity contribution < 1.29 is 4.74 Å². The Labute approximate surface area is 109 Å². The maximum Gasteiger partial charge on any atom is 0.120 e. The third-order valence-electron chi connectivity index (χ3n) is 2.62. The van der Waals surface area contributed by atoms with Crippen LogP contribution in [0.1, 0.15) is 38.3 Å². The lowest BCUT2D eigenvalue weighted by atomic mass is 10.00. The van der Waals surface area contributed by atoms with Crippen molar-refractivity contribution in [2.75, 3.05) is 0 Å². The van der Waals surface area contributed by atoms with E-state index in [9.17, 15) is 0 Å². The van der Waals surface area contributed by atoms with Gasteiger partial charge in [0.1, 0.15) is 11.4 Å². The molecule has 2 nitrogen and oxygen atoms in total. The zero-order valence-electron chi connectivity index (χ0n) is 11.3. The van der Waals surface area contributed by atoms with Crippen LogP contribution < -0.4 is 10.5 Å². The van der Waals surface area contributed by atoms with Crippen molar-refractivity contribution in [1.82, 2.24) is 0 Å². The van der Waals surface area contributed by atoms with Gasteiger partial charge in [0.05, 0.1) is 0 Å². The van der Waals surface area contributed by atoms with E-state index in [1.54, 1.807) is 0 Å². The molecule has 0 aliphatic rings. The first-order chi connectivity index (χ1) is 7.71. The van der Waals surface area contributed by atoms with E-state index in [2.05, 4.69) is 13.8 Å². The van der Waals surface area contributed by atoms with Crippen molar-refractivity contribution in [2.45, 2.75) is 52.7 Å². The highest BCUT2D eigenvalue weighted by molar-refractivity contribution is 6.32. The lowest BCUT2D eigenvalue weighted by Gasteiger charge is -2.28. The summed E-state index contributed by atoms with van der Waals surface area (Å²) in [5, 5.41) is 0.808. The van der Waals surface area contributed by atoms with E-state index < -0.39 is 0 Å². The van der Waals surface area contributed by atoms with Crippen LogP contribution in [-0.4, -0.2) is 11.6 Å². The monoisotopic (exact) mass is 255 g/mol. The normalized spacial score (nSPS) is 13.6. The number of ether oxygens (including phenoxy) is 1. The molecule has 0 aliphatic carbocycles. The zero-order chi connectivity index (χ0) is 13.2. The van der Waals surface area contributed by atoms with Crippen molar-refractivity contribution in [3.63, 3.8) is 0 Å². The van der Waals surface area contributed by atoms with E-state index in [1.807, 2.05) is 32.9 Å². The maximum absolute atomic E-state index is 6.13. The third kappa shape index (κ3) is 4.21. The van der Waals surface area contributed by atoms with Crippen LogP contribution >= 0.6 is 11.6 Å². The summed E-state index contributed by atoms with van der Waals surface area (Å²) in [5.41, 5.74) is 7.63. The average Bonchev–Trinajstić information content (AvgIpc) is 2.10. The van der Waals surface area contributed by atoms with Gasteiger partial charge in [0.15, 0.2) is 0 Å². The van der Waals surface area contributed by atoms with Crippen LogP contribution in [0, 0.1) is 13.8 Å². The number of benzene rings is 1. The van der Waals surface area contributed by atoms with Crippen molar-refractivity contribution in [3.05, 3.63) is 28.3 Å². The number of nitrogens with two attached hydrogens (primary N) is 1. The smallest absolute Gasteiger partial charge is 0.120 e. The minimum atomic E-state index is -0.263. The van der Waals surface area contributed by atoms with Crippen LogP contribution in [0.15, 0.2) is 12.1 Å². The molecule has 0 aromatic heterocycles. The first kappa shape index (κ1) is 14.3. The van der Waals surface area contributed by atoms with Gasteiger partial charge in [-0.15, -0.1) is 0 Å². The highest BCUT2D eigenvalue weighted by Crippen LogP contribution is 2.29. The molecular weight excluding hydrogens is 234 g/mol. The van der Waals surface area contributed by atoms with Crippen molar-refractivity contribution >= 4 is 11.6 Å². The fourth-order valence-electron chi connectivity index (χ4n) is 2.10. The lowest BCUT2D eigenvalue weighted by Crippen LogP contribution is -2.35. The van der Waals surface area contributed by atoms with Crippen molar-refractivity contribution in [1.29, 1.82) is 0 Å². The Kier molecular flexibility index (Phi) is 4.45. The standard InChI is InChI=1S/C14H22ClNO/c1-9-6-12(7-10(2)13(9)15)17-14(4,5)8-11(3)16/h6-7,11H,8,16H2,1-5H3. The van der Waals surface area contributed by atoms with E-state index in [4.69, 9.17) is 22.1 Å².